The summed E-state index contributed by atoms with van der Waals surface area (Å²) in [6.07, 6.45) is 0. The zero-order valence-corrected chi connectivity index (χ0v) is 15.7. The number of hydrogen-bond acceptors (Lipinski definition) is 4. The third-order valence-corrected chi connectivity index (χ3v) is 5.04. The molecule has 1 aliphatic heterocycles. The highest BCUT2D eigenvalue weighted by Gasteiger charge is 2.41. The van der Waals surface area contributed by atoms with Gasteiger partial charge in [0.15, 0.2) is 5.96 Å². The summed E-state index contributed by atoms with van der Waals surface area (Å²) in [5, 5.41) is 0. The molecule has 0 aromatic heterocycles. The zero-order valence-electron chi connectivity index (χ0n) is 14.1. The van der Waals surface area contributed by atoms with Crippen molar-refractivity contribution in [1.29, 1.82) is 0 Å². The summed E-state index contributed by atoms with van der Waals surface area (Å²) in [6.45, 7) is -0.778. The lowest BCUT2D eigenvalue weighted by Crippen LogP contribution is -2.35. The van der Waals surface area contributed by atoms with Gasteiger partial charge in [-0.1, -0.05) is 12.1 Å². The Morgan fingerprint density at radius 3 is 2.42 bits per heavy atom. The topological polar surface area (TPSA) is 50.8 Å². The number of nitrogens with zero attached hydrogens (tertiary/aromatic N) is 2. The number of likely N-dealkylation sites (N-methyl/N-ethyl adjacent to an activating group) is 1. The van der Waals surface area contributed by atoms with Crippen molar-refractivity contribution in [2.75, 3.05) is 13.6 Å². The van der Waals surface area contributed by atoms with Gasteiger partial charge >= 0.3 is 6.61 Å². The summed E-state index contributed by atoms with van der Waals surface area (Å²) in [6, 6.07) is 9.56. The molecule has 1 unspecified atom stereocenters. The van der Waals surface area contributed by atoms with E-state index in [2.05, 4.69) is 25.7 Å². The fraction of sp³-hybridized carbons (Fsp3) is 0.278. The van der Waals surface area contributed by atoms with Gasteiger partial charge in [-0.25, -0.2) is 9.38 Å². The Morgan fingerprint density at radius 1 is 1.23 bits per heavy atom. The van der Waals surface area contributed by atoms with Crippen LogP contribution in [-0.2, 0) is 5.54 Å². The Morgan fingerprint density at radius 2 is 1.88 bits per heavy atom. The highest BCUT2D eigenvalue weighted by molar-refractivity contribution is 9.10. The van der Waals surface area contributed by atoms with Crippen molar-refractivity contribution < 1.29 is 17.9 Å². The third-order valence-electron chi connectivity index (χ3n) is 4.43. The lowest BCUT2D eigenvalue weighted by molar-refractivity contribution is -0.0503. The number of ether oxygens (including phenoxy) is 1. The van der Waals surface area contributed by atoms with Gasteiger partial charge < -0.3 is 15.4 Å². The minimum Gasteiger partial charge on any atom is -0.435 e. The van der Waals surface area contributed by atoms with Crippen molar-refractivity contribution in [3.63, 3.8) is 0 Å². The molecule has 8 heteroatoms. The second-order valence-corrected chi connectivity index (χ2v) is 7.03. The molecular weight excluding hydrogens is 411 g/mol. The van der Waals surface area contributed by atoms with Crippen molar-refractivity contribution in [3.8, 4) is 5.75 Å². The highest BCUT2D eigenvalue weighted by Crippen LogP contribution is 2.40. The van der Waals surface area contributed by atoms with Crippen molar-refractivity contribution >= 4 is 21.9 Å². The number of guanidine groups is 1. The Hall–Kier alpha value is -2.22. The average Bonchev–Trinajstić information content (AvgIpc) is 2.88. The molecule has 0 fully saturated rings. The quantitative estimate of drug-likeness (QED) is 0.801. The summed E-state index contributed by atoms with van der Waals surface area (Å²) in [5.41, 5.74) is 7.16. The molecule has 3 rings (SSSR count). The van der Waals surface area contributed by atoms with E-state index in [1.54, 1.807) is 43.1 Å². The van der Waals surface area contributed by atoms with Gasteiger partial charge in [-0.05, 0) is 63.8 Å². The van der Waals surface area contributed by atoms with Gasteiger partial charge in [-0.2, -0.15) is 8.78 Å². The fourth-order valence-corrected chi connectivity index (χ4v) is 3.49. The molecule has 26 heavy (non-hydrogen) atoms. The molecule has 2 N–H and O–H groups in total. The SMILES string of the molecule is Cc1cc(C2(c3ccc(F)c(Br)c3)CN(C)C(N)=N2)ccc1OC(F)F. The Balaban J connectivity index is 2.14. The summed E-state index contributed by atoms with van der Waals surface area (Å²) in [4.78, 5) is 6.42. The first-order chi connectivity index (χ1) is 12.2. The number of aliphatic imine (C=N–C) groups is 1. The number of halogens is 4. The van der Waals surface area contributed by atoms with Crippen LogP contribution in [0.25, 0.3) is 0 Å². The Labute approximate surface area is 157 Å². The number of nitrogens with two attached hydrogens (primary N) is 1. The maximum absolute atomic E-state index is 13.7. The van der Waals surface area contributed by atoms with Crippen LogP contribution >= 0.6 is 15.9 Å². The molecule has 4 nitrogen and oxygen atoms in total. The molecule has 1 atom stereocenters. The molecule has 0 radical (unpaired) electrons. The summed E-state index contributed by atoms with van der Waals surface area (Å²) in [5.74, 6) is 0.0579. The second kappa shape index (κ2) is 6.83. The second-order valence-electron chi connectivity index (χ2n) is 6.17. The number of aryl methyl sites for hydroxylation is 1. The van der Waals surface area contributed by atoms with Gasteiger partial charge in [-0.15, -0.1) is 0 Å². The average molecular weight is 428 g/mol. The zero-order chi connectivity index (χ0) is 19.1. The molecular formula is C18H17BrF3N3O. The number of alkyl halides is 2. The van der Waals surface area contributed by atoms with Crippen LogP contribution in [0.5, 0.6) is 5.75 Å². The van der Waals surface area contributed by atoms with Gasteiger partial charge in [0.05, 0.1) is 11.0 Å². The first kappa shape index (κ1) is 18.6. The summed E-state index contributed by atoms with van der Waals surface area (Å²) in [7, 11) is 1.81. The predicted molar refractivity (Wildman–Crippen MR) is 96.9 cm³/mol. The van der Waals surface area contributed by atoms with Crippen LogP contribution in [0.2, 0.25) is 0 Å². The van der Waals surface area contributed by atoms with E-state index in [1.165, 1.54) is 12.1 Å². The minimum absolute atomic E-state index is 0.0995. The van der Waals surface area contributed by atoms with E-state index in [0.29, 0.717) is 22.5 Å². The van der Waals surface area contributed by atoms with Crippen LogP contribution in [0.4, 0.5) is 13.2 Å². The summed E-state index contributed by atoms with van der Waals surface area (Å²) >= 11 is 3.20. The Kier molecular flexibility index (Phi) is 4.88. The Bertz CT molecular complexity index is 875. The molecule has 138 valence electrons. The number of rotatable bonds is 4. The first-order valence-corrected chi connectivity index (χ1v) is 8.60. The van der Waals surface area contributed by atoms with Crippen LogP contribution in [0.3, 0.4) is 0 Å². The van der Waals surface area contributed by atoms with E-state index in [1.807, 2.05) is 0 Å². The smallest absolute Gasteiger partial charge is 0.387 e. The van der Waals surface area contributed by atoms with E-state index >= 15 is 0 Å². The molecule has 0 spiro atoms. The monoisotopic (exact) mass is 427 g/mol. The van der Waals surface area contributed by atoms with E-state index < -0.39 is 12.2 Å². The number of hydrogen-bond donors (Lipinski definition) is 1. The molecule has 1 heterocycles. The van der Waals surface area contributed by atoms with Gasteiger partial charge in [0.25, 0.3) is 0 Å². The molecule has 1 aliphatic rings. The highest BCUT2D eigenvalue weighted by atomic mass is 79.9. The molecule has 0 aliphatic carbocycles. The maximum Gasteiger partial charge on any atom is 0.387 e. The minimum atomic E-state index is -2.90. The molecule has 0 saturated heterocycles. The third kappa shape index (κ3) is 3.25. The predicted octanol–water partition coefficient (Wildman–Crippen LogP) is 4.00. The normalized spacial score (nSPS) is 19.8. The van der Waals surface area contributed by atoms with Crippen LogP contribution in [0.1, 0.15) is 16.7 Å². The van der Waals surface area contributed by atoms with Crippen LogP contribution in [-0.4, -0.2) is 31.1 Å². The van der Waals surface area contributed by atoms with Gasteiger partial charge in [0.2, 0.25) is 0 Å². The molecule has 0 saturated carbocycles. The van der Waals surface area contributed by atoms with Crippen molar-refractivity contribution in [3.05, 3.63) is 63.4 Å². The standard InChI is InChI=1S/C18H17BrF3N3O/c1-10-7-11(4-6-15(10)26-16(21)22)18(9-25(2)17(23)24-18)12-3-5-14(20)13(19)8-12/h3-8,16H,9H2,1-2H3,(H2,23,24). The lowest BCUT2D eigenvalue weighted by atomic mass is 9.83. The largest absolute Gasteiger partial charge is 0.435 e. The van der Waals surface area contributed by atoms with Crippen LogP contribution < -0.4 is 10.5 Å². The molecule has 0 amide bonds. The number of benzene rings is 2. The molecule has 0 bridgehead atoms. The van der Waals surface area contributed by atoms with Gasteiger partial charge in [-0.3, -0.25) is 0 Å². The first-order valence-electron chi connectivity index (χ1n) is 7.81. The van der Waals surface area contributed by atoms with Gasteiger partial charge in [0.1, 0.15) is 17.1 Å². The van der Waals surface area contributed by atoms with E-state index in [0.717, 1.165) is 11.1 Å². The van der Waals surface area contributed by atoms with E-state index in [9.17, 15) is 13.2 Å². The van der Waals surface area contributed by atoms with E-state index in [4.69, 9.17) is 5.73 Å². The van der Waals surface area contributed by atoms with Crippen molar-refractivity contribution in [2.24, 2.45) is 10.7 Å². The van der Waals surface area contributed by atoms with Crippen molar-refractivity contribution in [2.45, 2.75) is 19.1 Å². The van der Waals surface area contributed by atoms with Crippen LogP contribution in [0.15, 0.2) is 45.9 Å². The van der Waals surface area contributed by atoms with Gasteiger partial charge in [0, 0.05) is 7.05 Å². The van der Waals surface area contributed by atoms with E-state index in [-0.39, 0.29) is 11.6 Å². The summed E-state index contributed by atoms with van der Waals surface area (Å²) < 4.78 is 43.6. The molecule has 2 aromatic rings. The fourth-order valence-electron chi connectivity index (χ4n) is 3.11. The molecule has 2 aromatic carbocycles. The van der Waals surface area contributed by atoms with Crippen LogP contribution in [0, 0.1) is 12.7 Å². The maximum atomic E-state index is 13.7. The lowest BCUT2D eigenvalue weighted by Gasteiger charge is -2.29. The van der Waals surface area contributed by atoms with Crippen molar-refractivity contribution in [1.82, 2.24) is 4.90 Å².